The predicted octanol–water partition coefficient (Wildman–Crippen LogP) is 2.59. The molecule has 1 N–H and O–H groups in total. The molecular weight excluding hydrogens is 287 g/mol. The predicted molar refractivity (Wildman–Crippen MR) is 81.8 cm³/mol. The van der Waals surface area contributed by atoms with Gasteiger partial charge in [-0.1, -0.05) is 18.5 Å². The Morgan fingerprint density at radius 2 is 2.16 bits per heavy atom. The van der Waals surface area contributed by atoms with Gasteiger partial charge in [-0.2, -0.15) is 0 Å². The van der Waals surface area contributed by atoms with Gasteiger partial charge in [0.05, 0.1) is 12.1 Å². The van der Waals surface area contributed by atoms with Crippen LogP contribution < -0.4 is 15.0 Å². The van der Waals surface area contributed by atoms with Crippen LogP contribution in [0.15, 0.2) is 18.2 Å². The standard InChI is InChI=1S/C13H19ClN2O2.ClH/c1-9(8-15-2)13(17)16(3)10-5-6-12(18-4)11(14)7-10;/h5-7,9,15H,8H2,1-4H3;1H. The van der Waals surface area contributed by atoms with Gasteiger partial charge in [0.2, 0.25) is 5.91 Å². The lowest BCUT2D eigenvalue weighted by Crippen LogP contribution is -2.35. The molecule has 108 valence electrons. The van der Waals surface area contributed by atoms with E-state index in [1.807, 2.05) is 20.0 Å². The normalized spacial score (nSPS) is 11.4. The van der Waals surface area contributed by atoms with Crippen LogP contribution in [0.5, 0.6) is 5.75 Å². The molecule has 0 aliphatic carbocycles. The first-order chi connectivity index (χ1) is 8.51. The summed E-state index contributed by atoms with van der Waals surface area (Å²) in [7, 11) is 5.13. The van der Waals surface area contributed by atoms with Gasteiger partial charge in [0.25, 0.3) is 0 Å². The quantitative estimate of drug-likeness (QED) is 0.909. The Hall–Kier alpha value is -0.970. The summed E-state index contributed by atoms with van der Waals surface area (Å²) in [6.07, 6.45) is 0. The number of carbonyl (C=O) groups excluding carboxylic acids is 1. The second-order valence-corrected chi connectivity index (χ2v) is 4.58. The summed E-state index contributed by atoms with van der Waals surface area (Å²) < 4.78 is 5.08. The number of benzene rings is 1. The molecule has 0 saturated heterocycles. The van der Waals surface area contributed by atoms with E-state index in [9.17, 15) is 4.79 Å². The molecule has 0 aliphatic rings. The van der Waals surface area contributed by atoms with Crippen molar-refractivity contribution in [3.8, 4) is 5.75 Å². The van der Waals surface area contributed by atoms with E-state index >= 15 is 0 Å². The highest BCUT2D eigenvalue weighted by Gasteiger charge is 2.18. The smallest absolute Gasteiger partial charge is 0.230 e. The van der Waals surface area contributed by atoms with Gasteiger partial charge in [0.1, 0.15) is 5.75 Å². The molecule has 6 heteroatoms. The summed E-state index contributed by atoms with van der Waals surface area (Å²) in [6, 6.07) is 5.29. The van der Waals surface area contributed by atoms with E-state index in [1.165, 1.54) is 0 Å². The van der Waals surface area contributed by atoms with E-state index in [2.05, 4.69) is 5.32 Å². The van der Waals surface area contributed by atoms with Gasteiger partial charge < -0.3 is 15.0 Å². The monoisotopic (exact) mass is 306 g/mol. The molecule has 0 aliphatic heterocycles. The van der Waals surface area contributed by atoms with E-state index in [0.717, 1.165) is 5.69 Å². The zero-order chi connectivity index (χ0) is 13.7. The number of carbonyl (C=O) groups is 1. The molecule has 1 aromatic carbocycles. The summed E-state index contributed by atoms with van der Waals surface area (Å²) in [6.45, 7) is 2.54. The van der Waals surface area contributed by atoms with Crippen LogP contribution in [0.25, 0.3) is 0 Å². The highest BCUT2D eigenvalue weighted by molar-refractivity contribution is 6.32. The second kappa shape index (κ2) is 8.25. The number of nitrogens with one attached hydrogen (secondary N) is 1. The zero-order valence-corrected chi connectivity index (χ0v) is 13.1. The molecule has 0 fully saturated rings. The molecule has 19 heavy (non-hydrogen) atoms. The van der Waals surface area contributed by atoms with E-state index in [0.29, 0.717) is 17.3 Å². The first-order valence-electron chi connectivity index (χ1n) is 5.77. The summed E-state index contributed by atoms with van der Waals surface area (Å²) >= 11 is 6.04. The van der Waals surface area contributed by atoms with Gasteiger partial charge in [-0.05, 0) is 25.2 Å². The van der Waals surface area contributed by atoms with Crippen molar-refractivity contribution in [2.75, 3.05) is 32.6 Å². The number of anilines is 1. The molecule has 1 unspecified atom stereocenters. The third-order valence-electron chi connectivity index (χ3n) is 2.79. The first kappa shape index (κ1) is 18.0. The molecule has 0 radical (unpaired) electrons. The lowest BCUT2D eigenvalue weighted by molar-refractivity contribution is -0.121. The van der Waals surface area contributed by atoms with Crippen LogP contribution in [0.3, 0.4) is 0 Å². The Bertz CT molecular complexity index is 427. The van der Waals surface area contributed by atoms with Crippen molar-refractivity contribution in [1.29, 1.82) is 0 Å². The van der Waals surface area contributed by atoms with Gasteiger partial charge in [0.15, 0.2) is 0 Å². The van der Waals surface area contributed by atoms with Crippen LogP contribution in [0.4, 0.5) is 5.69 Å². The van der Waals surface area contributed by atoms with Crippen LogP contribution in [0, 0.1) is 5.92 Å². The number of rotatable bonds is 5. The van der Waals surface area contributed by atoms with E-state index in [1.54, 1.807) is 31.2 Å². The fraction of sp³-hybridized carbons (Fsp3) is 0.462. The average molecular weight is 307 g/mol. The molecule has 0 bridgehead atoms. The molecule has 0 heterocycles. The van der Waals surface area contributed by atoms with Crippen molar-refractivity contribution in [1.82, 2.24) is 5.32 Å². The van der Waals surface area contributed by atoms with Crippen molar-refractivity contribution in [3.05, 3.63) is 23.2 Å². The van der Waals surface area contributed by atoms with E-state index < -0.39 is 0 Å². The average Bonchev–Trinajstić information content (AvgIpc) is 2.37. The van der Waals surface area contributed by atoms with Crippen molar-refractivity contribution >= 4 is 35.6 Å². The van der Waals surface area contributed by atoms with E-state index in [-0.39, 0.29) is 24.2 Å². The molecule has 0 spiro atoms. The van der Waals surface area contributed by atoms with Crippen LogP contribution in [-0.2, 0) is 4.79 Å². The van der Waals surface area contributed by atoms with Crippen LogP contribution >= 0.6 is 24.0 Å². The van der Waals surface area contributed by atoms with Crippen molar-refractivity contribution in [2.45, 2.75) is 6.92 Å². The van der Waals surface area contributed by atoms with E-state index in [4.69, 9.17) is 16.3 Å². The summed E-state index contributed by atoms with van der Waals surface area (Å²) in [5.74, 6) is 0.566. The number of methoxy groups -OCH3 is 1. The lowest BCUT2D eigenvalue weighted by Gasteiger charge is -2.22. The maximum absolute atomic E-state index is 12.1. The van der Waals surface area contributed by atoms with Crippen molar-refractivity contribution in [2.24, 2.45) is 5.92 Å². The Morgan fingerprint density at radius 3 is 2.63 bits per heavy atom. The highest BCUT2D eigenvalue weighted by Crippen LogP contribution is 2.29. The highest BCUT2D eigenvalue weighted by atomic mass is 35.5. The van der Waals surface area contributed by atoms with Gasteiger partial charge in [-0.3, -0.25) is 4.79 Å². The molecule has 0 saturated carbocycles. The molecule has 4 nitrogen and oxygen atoms in total. The molecule has 1 rings (SSSR count). The zero-order valence-electron chi connectivity index (χ0n) is 11.6. The van der Waals surface area contributed by atoms with Gasteiger partial charge in [0, 0.05) is 25.2 Å². The third kappa shape index (κ3) is 4.56. The molecule has 1 atom stereocenters. The van der Waals surface area contributed by atoms with Gasteiger partial charge in [-0.25, -0.2) is 0 Å². The Morgan fingerprint density at radius 1 is 1.53 bits per heavy atom. The number of ether oxygens (including phenoxy) is 1. The Kier molecular flexibility index (Phi) is 7.83. The number of amides is 1. The largest absolute Gasteiger partial charge is 0.495 e. The van der Waals surface area contributed by atoms with Crippen LogP contribution in [0.1, 0.15) is 6.92 Å². The Labute approximate surface area is 125 Å². The SMILES string of the molecule is CNCC(C)C(=O)N(C)c1ccc(OC)c(Cl)c1.Cl. The van der Waals surface area contributed by atoms with Crippen LogP contribution in [0.2, 0.25) is 5.02 Å². The van der Waals surface area contributed by atoms with Crippen LogP contribution in [-0.4, -0.2) is 33.7 Å². The topological polar surface area (TPSA) is 41.6 Å². The maximum atomic E-state index is 12.1. The molecular formula is C13H20Cl2N2O2. The first-order valence-corrected chi connectivity index (χ1v) is 6.14. The minimum Gasteiger partial charge on any atom is -0.495 e. The number of nitrogens with zero attached hydrogens (tertiary/aromatic N) is 1. The Balaban J connectivity index is 0.00000324. The lowest BCUT2D eigenvalue weighted by atomic mass is 10.1. The fourth-order valence-electron chi connectivity index (χ4n) is 1.72. The summed E-state index contributed by atoms with van der Waals surface area (Å²) in [4.78, 5) is 13.7. The third-order valence-corrected chi connectivity index (χ3v) is 3.08. The minimum absolute atomic E-state index is 0. The molecule has 1 amide bonds. The number of hydrogen-bond acceptors (Lipinski definition) is 3. The van der Waals surface area contributed by atoms with Crippen molar-refractivity contribution < 1.29 is 9.53 Å². The van der Waals surface area contributed by atoms with Gasteiger partial charge in [-0.15, -0.1) is 12.4 Å². The summed E-state index contributed by atoms with van der Waals surface area (Å²) in [5.41, 5.74) is 0.758. The van der Waals surface area contributed by atoms with Gasteiger partial charge >= 0.3 is 0 Å². The molecule has 1 aromatic rings. The number of halogens is 2. The fourth-order valence-corrected chi connectivity index (χ4v) is 1.97. The minimum atomic E-state index is -0.0825. The molecule has 0 aromatic heterocycles. The second-order valence-electron chi connectivity index (χ2n) is 4.17. The number of hydrogen-bond donors (Lipinski definition) is 1. The van der Waals surface area contributed by atoms with Crippen molar-refractivity contribution in [3.63, 3.8) is 0 Å². The maximum Gasteiger partial charge on any atom is 0.230 e. The summed E-state index contributed by atoms with van der Waals surface area (Å²) in [5, 5.41) is 3.49.